The summed E-state index contributed by atoms with van der Waals surface area (Å²) in [5.74, 6) is -1.29. The first-order valence-electron chi connectivity index (χ1n) is 9.30. The van der Waals surface area contributed by atoms with Crippen LogP contribution in [0.25, 0.3) is 10.2 Å². The highest BCUT2D eigenvalue weighted by Gasteiger charge is 2.32. The monoisotopic (exact) mass is 380 g/mol. The maximum Gasteiger partial charge on any atom is 0.231 e. The molecule has 1 aromatic heterocycles. The molecule has 4 nitrogen and oxygen atoms in total. The Labute approximate surface area is 155 Å². The molecule has 2 fully saturated rings. The fourth-order valence-electron chi connectivity index (χ4n) is 3.89. The average Bonchev–Trinajstić information content (AvgIpc) is 3.29. The van der Waals surface area contributed by atoms with E-state index in [2.05, 4.69) is 4.98 Å². The minimum Gasteiger partial charge on any atom is -0.376 e. The fraction of sp³-hybridized carbons (Fsp3) is 0.579. The van der Waals surface area contributed by atoms with Crippen molar-refractivity contribution in [3.8, 4) is 0 Å². The van der Waals surface area contributed by atoms with Crippen LogP contribution in [0.2, 0.25) is 0 Å². The molecule has 2 aromatic rings. The summed E-state index contributed by atoms with van der Waals surface area (Å²) < 4.78 is 33.7. The second-order valence-electron chi connectivity index (χ2n) is 7.15. The van der Waals surface area contributed by atoms with E-state index in [1.165, 1.54) is 23.8 Å². The zero-order chi connectivity index (χ0) is 18.1. The van der Waals surface area contributed by atoms with Gasteiger partial charge >= 0.3 is 0 Å². The number of thiazole rings is 1. The standard InChI is InChI=1S/C19H22F2N2O2S/c20-13-9-15(21)17-16(10-13)26-19(22-17)23(11-14-7-4-8-25-14)18(24)12-5-2-1-3-6-12/h9-10,12,14H,1-8,11H2. The number of carbonyl (C=O) groups is 1. The molecule has 7 heteroatoms. The van der Waals surface area contributed by atoms with Gasteiger partial charge in [0.1, 0.15) is 11.3 Å². The molecule has 1 aliphatic heterocycles. The third-order valence-electron chi connectivity index (χ3n) is 5.26. The van der Waals surface area contributed by atoms with Gasteiger partial charge in [-0.05, 0) is 31.7 Å². The Kier molecular flexibility index (Phi) is 5.18. The summed E-state index contributed by atoms with van der Waals surface area (Å²) in [6.45, 7) is 1.13. The number of anilines is 1. The van der Waals surface area contributed by atoms with Crippen LogP contribution in [-0.4, -0.2) is 30.1 Å². The van der Waals surface area contributed by atoms with Crippen molar-refractivity contribution >= 4 is 32.6 Å². The predicted octanol–water partition coefficient (Wildman–Crippen LogP) is 4.67. The summed E-state index contributed by atoms with van der Waals surface area (Å²) in [5.41, 5.74) is 0.125. The number of carbonyl (C=O) groups excluding carboxylic acids is 1. The zero-order valence-corrected chi connectivity index (χ0v) is 15.4. The van der Waals surface area contributed by atoms with Gasteiger partial charge in [0, 0.05) is 18.6 Å². The summed E-state index contributed by atoms with van der Waals surface area (Å²) in [6, 6.07) is 2.11. The number of hydrogen-bond acceptors (Lipinski definition) is 4. The van der Waals surface area contributed by atoms with Crippen LogP contribution < -0.4 is 4.90 Å². The molecule has 0 N–H and O–H groups in total. The molecule has 140 valence electrons. The Morgan fingerprint density at radius 1 is 1.19 bits per heavy atom. The van der Waals surface area contributed by atoms with Gasteiger partial charge in [-0.25, -0.2) is 13.8 Å². The van der Waals surface area contributed by atoms with Crippen molar-refractivity contribution in [2.75, 3.05) is 18.1 Å². The summed E-state index contributed by atoms with van der Waals surface area (Å²) in [7, 11) is 0. The lowest BCUT2D eigenvalue weighted by molar-refractivity contribution is -0.123. The molecule has 2 heterocycles. The summed E-state index contributed by atoms with van der Waals surface area (Å²) in [6.07, 6.45) is 6.92. The zero-order valence-electron chi connectivity index (χ0n) is 14.5. The number of ether oxygens (including phenoxy) is 1. The molecule has 1 saturated heterocycles. The number of halogens is 2. The van der Waals surface area contributed by atoms with Crippen LogP contribution >= 0.6 is 11.3 Å². The van der Waals surface area contributed by atoms with Crippen molar-refractivity contribution < 1.29 is 18.3 Å². The largest absolute Gasteiger partial charge is 0.376 e. The number of amides is 1. The first-order valence-corrected chi connectivity index (χ1v) is 10.1. The van der Waals surface area contributed by atoms with E-state index in [0.717, 1.165) is 44.6 Å². The molecule has 2 aliphatic rings. The Bertz CT molecular complexity index is 798. The quantitative estimate of drug-likeness (QED) is 0.774. The SMILES string of the molecule is O=C(C1CCCCC1)N(CC1CCCO1)c1nc2c(F)cc(F)cc2s1. The smallest absolute Gasteiger partial charge is 0.231 e. The van der Waals surface area contributed by atoms with E-state index >= 15 is 0 Å². The van der Waals surface area contributed by atoms with E-state index in [1.54, 1.807) is 4.90 Å². The lowest BCUT2D eigenvalue weighted by Crippen LogP contribution is -2.41. The van der Waals surface area contributed by atoms with Crippen molar-refractivity contribution in [1.82, 2.24) is 4.98 Å². The number of aromatic nitrogens is 1. The molecule has 1 unspecified atom stereocenters. The molecule has 0 radical (unpaired) electrons. The number of fused-ring (bicyclic) bond motifs is 1. The van der Waals surface area contributed by atoms with Gasteiger partial charge in [0.05, 0.1) is 17.3 Å². The minimum atomic E-state index is -0.690. The highest BCUT2D eigenvalue weighted by atomic mass is 32.1. The Balaban J connectivity index is 1.67. The molecule has 26 heavy (non-hydrogen) atoms. The Morgan fingerprint density at radius 2 is 2.00 bits per heavy atom. The normalized spacial score (nSPS) is 21.4. The van der Waals surface area contributed by atoms with Gasteiger partial charge in [0.15, 0.2) is 10.9 Å². The van der Waals surface area contributed by atoms with Crippen LogP contribution in [0.3, 0.4) is 0 Å². The molecule has 0 bridgehead atoms. The van der Waals surface area contributed by atoms with Crippen molar-refractivity contribution in [3.63, 3.8) is 0 Å². The van der Waals surface area contributed by atoms with Gasteiger partial charge in [0.25, 0.3) is 0 Å². The predicted molar refractivity (Wildman–Crippen MR) is 97.4 cm³/mol. The fourth-order valence-corrected chi connectivity index (χ4v) is 4.90. The van der Waals surface area contributed by atoms with Crippen LogP contribution in [0.4, 0.5) is 13.9 Å². The number of rotatable bonds is 4. The van der Waals surface area contributed by atoms with Crippen molar-refractivity contribution in [2.24, 2.45) is 5.92 Å². The van der Waals surface area contributed by atoms with Gasteiger partial charge < -0.3 is 4.74 Å². The first-order chi connectivity index (χ1) is 12.6. The molecule has 4 rings (SSSR count). The molecule has 1 saturated carbocycles. The third-order valence-corrected chi connectivity index (χ3v) is 6.29. The first kappa shape index (κ1) is 17.8. The van der Waals surface area contributed by atoms with Crippen LogP contribution in [-0.2, 0) is 9.53 Å². The topological polar surface area (TPSA) is 42.4 Å². The van der Waals surface area contributed by atoms with Gasteiger partial charge in [-0.3, -0.25) is 9.69 Å². The summed E-state index contributed by atoms with van der Waals surface area (Å²) in [5, 5.41) is 0.440. The summed E-state index contributed by atoms with van der Waals surface area (Å²) in [4.78, 5) is 19.2. The minimum absolute atomic E-state index is 0.0150. The van der Waals surface area contributed by atoms with E-state index in [1.807, 2.05) is 0 Å². The van der Waals surface area contributed by atoms with E-state index in [0.29, 0.717) is 23.0 Å². The van der Waals surface area contributed by atoms with Gasteiger partial charge in [-0.1, -0.05) is 30.6 Å². The molecule has 1 amide bonds. The van der Waals surface area contributed by atoms with Gasteiger partial charge in [-0.2, -0.15) is 0 Å². The van der Waals surface area contributed by atoms with E-state index in [4.69, 9.17) is 4.74 Å². The van der Waals surface area contributed by atoms with Crippen molar-refractivity contribution in [1.29, 1.82) is 0 Å². The molecular weight excluding hydrogens is 358 g/mol. The molecular formula is C19H22F2N2O2S. The van der Waals surface area contributed by atoms with E-state index in [9.17, 15) is 13.6 Å². The number of benzene rings is 1. The van der Waals surface area contributed by atoms with Crippen molar-refractivity contribution in [2.45, 2.75) is 51.0 Å². The van der Waals surface area contributed by atoms with Crippen molar-refractivity contribution in [3.05, 3.63) is 23.8 Å². The number of nitrogens with zero attached hydrogens (tertiary/aromatic N) is 2. The highest BCUT2D eigenvalue weighted by molar-refractivity contribution is 7.22. The van der Waals surface area contributed by atoms with Crippen LogP contribution in [0.5, 0.6) is 0 Å². The lowest BCUT2D eigenvalue weighted by Gasteiger charge is -2.29. The van der Waals surface area contributed by atoms with Gasteiger partial charge in [0.2, 0.25) is 5.91 Å². The Hall–Kier alpha value is -1.60. The highest BCUT2D eigenvalue weighted by Crippen LogP contribution is 2.34. The number of hydrogen-bond donors (Lipinski definition) is 0. The maximum atomic E-state index is 14.1. The molecule has 1 atom stereocenters. The van der Waals surface area contributed by atoms with E-state index < -0.39 is 11.6 Å². The molecule has 1 aromatic carbocycles. The second-order valence-corrected chi connectivity index (χ2v) is 8.16. The Morgan fingerprint density at radius 3 is 2.73 bits per heavy atom. The van der Waals surface area contributed by atoms with E-state index in [-0.39, 0.29) is 23.4 Å². The second kappa shape index (κ2) is 7.56. The van der Waals surface area contributed by atoms with Crippen LogP contribution in [0.15, 0.2) is 12.1 Å². The van der Waals surface area contributed by atoms with Crippen LogP contribution in [0.1, 0.15) is 44.9 Å². The van der Waals surface area contributed by atoms with Crippen LogP contribution in [0, 0.1) is 17.6 Å². The molecule has 0 spiro atoms. The summed E-state index contributed by atoms with van der Waals surface area (Å²) >= 11 is 1.17. The lowest BCUT2D eigenvalue weighted by atomic mass is 9.88. The molecule has 1 aliphatic carbocycles. The van der Waals surface area contributed by atoms with Gasteiger partial charge in [-0.15, -0.1) is 0 Å². The third kappa shape index (κ3) is 3.60. The average molecular weight is 380 g/mol. The maximum absolute atomic E-state index is 14.1.